The van der Waals surface area contributed by atoms with Gasteiger partial charge in [-0.05, 0) is 11.6 Å². The molecule has 1 aliphatic rings. The first-order valence-electron chi connectivity index (χ1n) is 3.35. The van der Waals surface area contributed by atoms with E-state index in [1.54, 1.807) is 0 Å². The van der Waals surface area contributed by atoms with Crippen molar-refractivity contribution < 1.29 is 19.5 Å². The van der Waals surface area contributed by atoms with Crippen LogP contribution in [0.1, 0.15) is 27.2 Å². The van der Waals surface area contributed by atoms with Crippen molar-refractivity contribution in [2.75, 3.05) is 0 Å². The van der Waals surface area contributed by atoms with Crippen LogP contribution in [0.4, 0.5) is 0 Å². The summed E-state index contributed by atoms with van der Waals surface area (Å²) in [5.41, 5.74) is 2.33. The monoisotopic (exact) mass is 224 g/mol. The topological polar surface area (TPSA) is 12.4 Å². The molecule has 0 saturated heterocycles. The summed E-state index contributed by atoms with van der Waals surface area (Å²) >= 11 is 0. The third-order valence-electron chi connectivity index (χ3n) is 1.50. The van der Waals surface area contributed by atoms with Crippen LogP contribution < -0.4 is 0 Å². The Bertz CT molecular complexity index is 168. The van der Waals surface area contributed by atoms with E-state index in [1.807, 2.05) is 6.92 Å². The smallest absolute Gasteiger partial charge is 0.468 e. The summed E-state index contributed by atoms with van der Waals surface area (Å²) in [6.45, 7) is 6.33. The van der Waals surface area contributed by atoms with Crippen LogP contribution >= 0.6 is 0 Å². The summed E-state index contributed by atoms with van der Waals surface area (Å²) < 4.78 is 0. The Morgan fingerprint density at radius 3 is 2.30 bits per heavy atom. The molecule has 0 aromatic rings. The maximum absolute atomic E-state index is 4.31. The van der Waals surface area contributed by atoms with E-state index < -0.39 is 0 Å². The molecule has 0 fully saturated rings. The van der Waals surface area contributed by atoms with Gasteiger partial charge in [0.15, 0.2) is 0 Å². The summed E-state index contributed by atoms with van der Waals surface area (Å²) in [6, 6.07) is 0. The van der Waals surface area contributed by atoms with E-state index in [9.17, 15) is 0 Å². The van der Waals surface area contributed by atoms with E-state index in [0.29, 0.717) is 5.92 Å². The molecule has 1 nitrogen and oxygen atoms in total. The Morgan fingerprint density at radius 1 is 1.50 bits per heavy atom. The van der Waals surface area contributed by atoms with Gasteiger partial charge in [0.25, 0.3) is 0 Å². The molecule has 0 aliphatic carbocycles. The molecule has 0 amide bonds. The molecule has 57 valence electrons. The number of rotatable bonds is 1. The van der Waals surface area contributed by atoms with Gasteiger partial charge >= 0.3 is 19.5 Å². The zero-order valence-corrected chi connectivity index (χ0v) is 8.32. The van der Waals surface area contributed by atoms with Crippen molar-refractivity contribution in [2.24, 2.45) is 10.9 Å². The summed E-state index contributed by atoms with van der Waals surface area (Å²) in [4.78, 5) is 4.31. The van der Waals surface area contributed by atoms with Crippen molar-refractivity contribution >= 4 is 5.71 Å². The van der Waals surface area contributed by atoms with Crippen LogP contribution in [-0.2, 0) is 19.5 Å². The predicted molar refractivity (Wildman–Crippen MR) is 39.3 cm³/mol. The van der Waals surface area contributed by atoms with E-state index in [4.69, 9.17) is 0 Å². The number of aliphatic imine (C=N–C) groups is 1. The first-order chi connectivity index (χ1) is 4.20. The molecule has 0 aromatic heterocycles. The quantitative estimate of drug-likeness (QED) is 0.477. The minimum atomic E-state index is 0. The van der Waals surface area contributed by atoms with Gasteiger partial charge in [0, 0.05) is 0 Å². The first-order valence-corrected chi connectivity index (χ1v) is 3.35. The zero-order valence-electron chi connectivity index (χ0n) is 6.59. The molecule has 0 N–H and O–H groups in total. The molecule has 0 bridgehead atoms. The van der Waals surface area contributed by atoms with Gasteiger partial charge < -0.3 is 11.1 Å². The minimum Gasteiger partial charge on any atom is -0.468 e. The molecule has 2 heteroatoms. The van der Waals surface area contributed by atoms with Crippen molar-refractivity contribution in [3.8, 4) is 0 Å². The van der Waals surface area contributed by atoms with Crippen molar-refractivity contribution in [1.29, 1.82) is 0 Å². The fraction of sp³-hybridized carbons (Fsp3) is 0.625. The third-order valence-corrected chi connectivity index (χ3v) is 1.50. The first kappa shape index (κ1) is 10.0. The second-order valence-electron chi connectivity index (χ2n) is 2.70. The summed E-state index contributed by atoms with van der Waals surface area (Å²) in [5.74, 6) is 0.593. The fourth-order valence-electron chi connectivity index (χ4n) is 0.846. The van der Waals surface area contributed by atoms with Crippen LogP contribution in [0.2, 0.25) is 0 Å². The summed E-state index contributed by atoms with van der Waals surface area (Å²) in [5, 5.41) is 0. The molecular formula is C8H12NRu. The Morgan fingerprint density at radius 2 is 2.10 bits per heavy atom. The molecule has 0 atom stereocenters. The number of nitrogens with zero attached hydrogens (tertiary/aromatic N) is 1. The molecule has 0 spiro atoms. The van der Waals surface area contributed by atoms with Crippen molar-refractivity contribution in [3.05, 3.63) is 11.8 Å². The zero-order chi connectivity index (χ0) is 6.85. The molecule has 1 rings (SSSR count). The molecule has 10 heavy (non-hydrogen) atoms. The van der Waals surface area contributed by atoms with E-state index in [2.05, 4.69) is 24.9 Å². The molecule has 1 radical (unpaired) electrons. The van der Waals surface area contributed by atoms with Crippen molar-refractivity contribution in [1.82, 2.24) is 0 Å². The number of allylic oxidation sites excluding steroid dienone is 2. The summed E-state index contributed by atoms with van der Waals surface area (Å²) in [6.07, 6.45) is 4.11. The summed E-state index contributed by atoms with van der Waals surface area (Å²) in [7, 11) is 0. The number of hydrogen-bond acceptors (Lipinski definition) is 1. The fourth-order valence-corrected chi connectivity index (χ4v) is 0.846. The van der Waals surface area contributed by atoms with Crippen LogP contribution in [0.3, 0.4) is 0 Å². The van der Waals surface area contributed by atoms with Gasteiger partial charge in [-0.3, -0.25) is 0 Å². The van der Waals surface area contributed by atoms with Gasteiger partial charge in [0.1, 0.15) is 0 Å². The van der Waals surface area contributed by atoms with E-state index in [1.165, 1.54) is 5.71 Å². The average molecular weight is 223 g/mol. The molecule has 0 aromatic carbocycles. The SMILES string of the molecule is CC1=[C-]CC(C(C)C)=N1.[Ru+]. The van der Waals surface area contributed by atoms with Crippen LogP contribution in [0.15, 0.2) is 10.7 Å². The van der Waals surface area contributed by atoms with E-state index >= 15 is 0 Å². The molecule has 1 aliphatic heterocycles. The van der Waals surface area contributed by atoms with Crippen LogP contribution in [0, 0.1) is 12.0 Å². The number of hydrogen-bond donors (Lipinski definition) is 0. The Kier molecular flexibility index (Phi) is 4.04. The van der Waals surface area contributed by atoms with Crippen molar-refractivity contribution in [3.63, 3.8) is 0 Å². The van der Waals surface area contributed by atoms with Gasteiger partial charge in [0.05, 0.1) is 0 Å². The molecular weight excluding hydrogens is 211 g/mol. The second kappa shape index (κ2) is 4.03. The molecule has 1 heterocycles. The van der Waals surface area contributed by atoms with Crippen LogP contribution in [-0.4, -0.2) is 5.71 Å². The maximum Gasteiger partial charge on any atom is 1.00 e. The normalized spacial score (nSPS) is 16.4. The second-order valence-corrected chi connectivity index (χ2v) is 2.70. The van der Waals surface area contributed by atoms with Gasteiger partial charge in [-0.2, -0.15) is 0 Å². The standard InChI is InChI=1S/C8H12N.Ru/c1-6(2)8-5-4-7(3)9-8;/h6H,5H2,1-3H3;/q-1;+1. The van der Waals surface area contributed by atoms with Gasteiger partial charge in [-0.25, -0.2) is 0 Å². The van der Waals surface area contributed by atoms with E-state index in [0.717, 1.165) is 12.1 Å². The van der Waals surface area contributed by atoms with Crippen LogP contribution in [0.5, 0.6) is 0 Å². The van der Waals surface area contributed by atoms with Gasteiger partial charge in [0.2, 0.25) is 0 Å². The van der Waals surface area contributed by atoms with Crippen molar-refractivity contribution in [2.45, 2.75) is 27.2 Å². The maximum atomic E-state index is 4.31. The Balaban J connectivity index is 0.000000810. The third kappa shape index (κ3) is 2.34. The van der Waals surface area contributed by atoms with Gasteiger partial charge in [-0.1, -0.05) is 20.8 Å². The molecule has 0 unspecified atom stereocenters. The predicted octanol–water partition coefficient (Wildman–Crippen LogP) is 2.19. The van der Waals surface area contributed by atoms with Crippen LogP contribution in [0.25, 0.3) is 0 Å². The van der Waals surface area contributed by atoms with E-state index in [-0.39, 0.29) is 19.5 Å². The minimum absolute atomic E-state index is 0. The Labute approximate surface area is 75.4 Å². The largest absolute Gasteiger partial charge is 1.00 e. The Hall–Kier alpha value is 0.0334. The molecule has 0 saturated carbocycles. The average Bonchev–Trinajstić information content (AvgIpc) is 2.14. The van der Waals surface area contributed by atoms with Gasteiger partial charge in [-0.15, -0.1) is 12.1 Å².